The molecule has 2 atom stereocenters. The highest BCUT2D eigenvalue weighted by Crippen LogP contribution is 2.37. The van der Waals surface area contributed by atoms with E-state index in [1.807, 2.05) is 39.0 Å². The summed E-state index contributed by atoms with van der Waals surface area (Å²) in [6.45, 7) is 8.23. The maximum atomic E-state index is 12.7. The molecule has 31 heavy (non-hydrogen) atoms. The SMILES string of the molecule is Cc1cc(C)c(NC(=O)[C@@H](C)OC(=O)c2ccc3c(c2)NC(=O)[C@H]2CCCN32)c(C)c1. The van der Waals surface area contributed by atoms with E-state index < -0.39 is 18.0 Å². The Morgan fingerprint density at radius 1 is 1.16 bits per heavy atom. The summed E-state index contributed by atoms with van der Waals surface area (Å²) >= 11 is 0. The van der Waals surface area contributed by atoms with E-state index in [0.717, 1.165) is 47.5 Å². The third-order valence-corrected chi connectivity index (χ3v) is 5.93. The second-order valence-electron chi connectivity index (χ2n) is 8.38. The minimum atomic E-state index is -0.971. The van der Waals surface area contributed by atoms with Crippen molar-refractivity contribution in [2.75, 3.05) is 22.1 Å². The summed E-state index contributed by atoms with van der Waals surface area (Å²) in [5.41, 5.74) is 5.56. The van der Waals surface area contributed by atoms with Gasteiger partial charge in [-0.15, -0.1) is 0 Å². The monoisotopic (exact) mass is 421 g/mol. The highest BCUT2D eigenvalue weighted by molar-refractivity contribution is 6.06. The van der Waals surface area contributed by atoms with Crippen LogP contribution in [0.25, 0.3) is 0 Å². The van der Waals surface area contributed by atoms with Crippen molar-refractivity contribution in [2.24, 2.45) is 0 Å². The van der Waals surface area contributed by atoms with Gasteiger partial charge in [0.15, 0.2) is 6.10 Å². The van der Waals surface area contributed by atoms with Crippen LogP contribution in [-0.2, 0) is 14.3 Å². The van der Waals surface area contributed by atoms with Crippen molar-refractivity contribution in [3.63, 3.8) is 0 Å². The van der Waals surface area contributed by atoms with Crippen molar-refractivity contribution in [1.82, 2.24) is 0 Å². The summed E-state index contributed by atoms with van der Waals surface area (Å²) in [5.74, 6) is -1.05. The molecule has 2 heterocycles. The minimum Gasteiger partial charge on any atom is -0.449 e. The molecule has 4 rings (SSSR count). The molecule has 2 aromatic carbocycles. The Labute approximate surface area is 181 Å². The Kier molecular flexibility index (Phi) is 5.43. The smallest absolute Gasteiger partial charge is 0.338 e. The van der Waals surface area contributed by atoms with Crippen LogP contribution in [0, 0.1) is 20.8 Å². The van der Waals surface area contributed by atoms with Crippen LogP contribution >= 0.6 is 0 Å². The number of fused-ring (bicyclic) bond motifs is 3. The molecule has 0 unspecified atom stereocenters. The number of hydrogen-bond donors (Lipinski definition) is 2. The molecule has 1 fully saturated rings. The van der Waals surface area contributed by atoms with Crippen molar-refractivity contribution in [3.05, 3.63) is 52.6 Å². The summed E-state index contributed by atoms with van der Waals surface area (Å²) in [7, 11) is 0. The van der Waals surface area contributed by atoms with Gasteiger partial charge >= 0.3 is 5.97 Å². The number of nitrogens with zero attached hydrogens (tertiary/aromatic N) is 1. The quantitative estimate of drug-likeness (QED) is 0.735. The number of rotatable bonds is 4. The predicted molar refractivity (Wildman–Crippen MR) is 120 cm³/mol. The fourth-order valence-corrected chi connectivity index (χ4v) is 4.44. The number of esters is 1. The first-order valence-corrected chi connectivity index (χ1v) is 10.6. The number of ether oxygens (including phenoxy) is 1. The molecule has 0 radical (unpaired) electrons. The summed E-state index contributed by atoms with van der Waals surface area (Å²) < 4.78 is 5.40. The second kappa shape index (κ2) is 8.06. The van der Waals surface area contributed by atoms with E-state index in [-0.39, 0.29) is 11.9 Å². The summed E-state index contributed by atoms with van der Waals surface area (Å²) in [6.07, 6.45) is 0.830. The highest BCUT2D eigenvalue weighted by Gasteiger charge is 2.36. The van der Waals surface area contributed by atoms with E-state index in [2.05, 4.69) is 15.5 Å². The van der Waals surface area contributed by atoms with Gasteiger partial charge in [-0.2, -0.15) is 0 Å². The Hall–Kier alpha value is -3.35. The third kappa shape index (κ3) is 4.00. The van der Waals surface area contributed by atoms with Gasteiger partial charge < -0.3 is 20.3 Å². The Balaban J connectivity index is 1.45. The molecular formula is C24H27N3O4. The van der Waals surface area contributed by atoms with Crippen molar-refractivity contribution in [2.45, 2.75) is 52.7 Å². The van der Waals surface area contributed by atoms with E-state index in [4.69, 9.17) is 4.74 Å². The van der Waals surface area contributed by atoms with Gasteiger partial charge in [-0.1, -0.05) is 17.7 Å². The number of aryl methyl sites for hydroxylation is 3. The number of carbonyl (C=O) groups excluding carboxylic acids is 3. The molecule has 0 bridgehead atoms. The van der Waals surface area contributed by atoms with E-state index in [1.54, 1.807) is 19.1 Å². The lowest BCUT2D eigenvalue weighted by Gasteiger charge is -2.33. The first-order valence-electron chi connectivity index (χ1n) is 10.6. The largest absolute Gasteiger partial charge is 0.449 e. The van der Waals surface area contributed by atoms with Gasteiger partial charge in [-0.05, 0) is 69.9 Å². The predicted octanol–water partition coefficient (Wildman–Crippen LogP) is 3.72. The van der Waals surface area contributed by atoms with Gasteiger partial charge in [0.2, 0.25) is 5.91 Å². The molecule has 162 valence electrons. The molecule has 2 N–H and O–H groups in total. The van der Waals surface area contributed by atoms with Gasteiger partial charge in [0.25, 0.3) is 5.91 Å². The number of hydrogen-bond acceptors (Lipinski definition) is 5. The van der Waals surface area contributed by atoms with Crippen molar-refractivity contribution < 1.29 is 19.1 Å². The molecule has 2 aliphatic heterocycles. The standard InChI is InChI=1S/C24H27N3O4/c1-13-10-14(2)21(15(3)11-13)26-22(28)16(4)31-24(30)17-7-8-19-18(12-17)25-23(29)20-6-5-9-27(19)20/h7-8,10-12,16,20H,5-6,9H2,1-4H3,(H,25,29)(H,26,28)/t16-,20-/m1/s1. The van der Waals surface area contributed by atoms with Crippen LogP contribution in [0.5, 0.6) is 0 Å². The molecule has 2 amide bonds. The normalized spacial score (nSPS) is 18.0. The van der Waals surface area contributed by atoms with Crippen molar-refractivity contribution in [1.29, 1.82) is 0 Å². The zero-order valence-electron chi connectivity index (χ0n) is 18.2. The van der Waals surface area contributed by atoms with Crippen LogP contribution in [0.4, 0.5) is 17.1 Å². The van der Waals surface area contributed by atoms with Crippen LogP contribution in [-0.4, -0.2) is 36.5 Å². The second-order valence-corrected chi connectivity index (χ2v) is 8.38. The van der Waals surface area contributed by atoms with Crippen LogP contribution in [0.3, 0.4) is 0 Å². The van der Waals surface area contributed by atoms with Gasteiger partial charge in [0.1, 0.15) is 6.04 Å². The first kappa shape index (κ1) is 20.9. The number of carbonyl (C=O) groups is 3. The van der Waals surface area contributed by atoms with Gasteiger partial charge in [0, 0.05) is 12.2 Å². The number of anilines is 3. The Morgan fingerprint density at radius 2 is 1.87 bits per heavy atom. The highest BCUT2D eigenvalue weighted by atomic mass is 16.5. The van der Waals surface area contributed by atoms with E-state index in [1.165, 1.54) is 0 Å². The molecule has 0 saturated carbocycles. The lowest BCUT2D eigenvalue weighted by atomic mass is 10.0. The minimum absolute atomic E-state index is 0.0490. The fourth-order valence-electron chi connectivity index (χ4n) is 4.44. The number of amides is 2. The molecule has 2 aliphatic rings. The van der Waals surface area contributed by atoms with Gasteiger partial charge in [-0.25, -0.2) is 4.79 Å². The molecule has 0 spiro atoms. The lowest BCUT2D eigenvalue weighted by molar-refractivity contribution is -0.123. The fraction of sp³-hybridized carbons (Fsp3) is 0.375. The van der Waals surface area contributed by atoms with E-state index in [9.17, 15) is 14.4 Å². The maximum absolute atomic E-state index is 12.7. The third-order valence-electron chi connectivity index (χ3n) is 5.93. The van der Waals surface area contributed by atoms with E-state index >= 15 is 0 Å². The maximum Gasteiger partial charge on any atom is 0.338 e. The molecule has 0 aromatic heterocycles. The molecule has 7 heteroatoms. The lowest BCUT2D eigenvalue weighted by Crippen LogP contribution is -2.43. The summed E-state index contributed by atoms with van der Waals surface area (Å²) in [4.78, 5) is 39.7. The molecule has 1 saturated heterocycles. The zero-order valence-corrected chi connectivity index (χ0v) is 18.2. The molecule has 2 aromatic rings. The zero-order chi connectivity index (χ0) is 22.3. The van der Waals surface area contributed by atoms with Gasteiger partial charge in [0.05, 0.1) is 16.9 Å². The van der Waals surface area contributed by atoms with Crippen LogP contribution in [0.1, 0.15) is 46.8 Å². The van der Waals surface area contributed by atoms with Crippen LogP contribution < -0.4 is 15.5 Å². The average Bonchev–Trinajstić information content (AvgIpc) is 3.21. The average molecular weight is 421 g/mol. The topological polar surface area (TPSA) is 87.7 Å². The van der Waals surface area contributed by atoms with Crippen LogP contribution in [0.15, 0.2) is 30.3 Å². The molecular weight excluding hydrogens is 394 g/mol. The molecule has 7 nitrogen and oxygen atoms in total. The van der Waals surface area contributed by atoms with E-state index in [0.29, 0.717) is 11.3 Å². The summed E-state index contributed by atoms with van der Waals surface area (Å²) in [6, 6.07) is 8.96. The Morgan fingerprint density at radius 3 is 2.58 bits per heavy atom. The van der Waals surface area contributed by atoms with Crippen molar-refractivity contribution in [3.8, 4) is 0 Å². The van der Waals surface area contributed by atoms with Crippen molar-refractivity contribution >= 4 is 34.8 Å². The molecule has 0 aliphatic carbocycles. The summed E-state index contributed by atoms with van der Waals surface area (Å²) in [5, 5.41) is 5.75. The van der Waals surface area contributed by atoms with Crippen LogP contribution in [0.2, 0.25) is 0 Å². The Bertz CT molecular complexity index is 1060. The van der Waals surface area contributed by atoms with Gasteiger partial charge in [-0.3, -0.25) is 9.59 Å². The number of benzene rings is 2. The first-order chi connectivity index (χ1) is 14.7. The number of nitrogens with one attached hydrogen (secondary N) is 2.